The Labute approximate surface area is 182 Å². The first-order chi connectivity index (χ1) is 14.6. The third kappa shape index (κ3) is 9.46. The molecule has 2 fully saturated rings. The monoisotopic (exact) mass is 426 g/mol. The van der Waals surface area contributed by atoms with Crippen LogP contribution in [0.25, 0.3) is 0 Å². The number of allylic oxidation sites excluding steroid dienone is 1. The smallest absolute Gasteiger partial charge is 0.306 e. The van der Waals surface area contributed by atoms with E-state index in [0.29, 0.717) is 13.0 Å². The number of fused-ring (bicyclic) bond motifs is 1. The Morgan fingerprint density at radius 2 is 1.73 bits per heavy atom. The SMILES string of the molecule is CCCCCC[C@@H](O)CC=CCCCCCCCC(=O)O[C@H]1CO[C@H]2[C@@H]1OC[C@H]2O. The number of hydrogen-bond donors (Lipinski definition) is 2. The quantitative estimate of drug-likeness (QED) is 0.220. The lowest BCUT2D eigenvalue weighted by Crippen LogP contribution is -2.34. The Morgan fingerprint density at radius 1 is 1.00 bits per heavy atom. The Morgan fingerprint density at radius 3 is 2.57 bits per heavy atom. The highest BCUT2D eigenvalue weighted by atomic mass is 16.6. The van der Waals surface area contributed by atoms with Gasteiger partial charge in [-0.05, 0) is 32.1 Å². The van der Waals surface area contributed by atoms with Crippen LogP contribution >= 0.6 is 0 Å². The molecule has 0 unspecified atom stereocenters. The van der Waals surface area contributed by atoms with Crippen LogP contribution in [0.1, 0.15) is 90.4 Å². The molecule has 2 N–H and O–H groups in total. The molecule has 0 saturated carbocycles. The van der Waals surface area contributed by atoms with Gasteiger partial charge in [0.25, 0.3) is 0 Å². The van der Waals surface area contributed by atoms with E-state index < -0.39 is 6.10 Å². The number of hydrogen-bond acceptors (Lipinski definition) is 6. The highest BCUT2D eigenvalue weighted by Gasteiger charge is 2.48. The van der Waals surface area contributed by atoms with Crippen molar-refractivity contribution in [2.45, 2.75) is 121 Å². The zero-order valence-corrected chi connectivity index (χ0v) is 18.7. The number of aliphatic hydroxyl groups excluding tert-OH is 2. The van der Waals surface area contributed by atoms with Crippen molar-refractivity contribution in [1.82, 2.24) is 0 Å². The summed E-state index contributed by atoms with van der Waals surface area (Å²) in [5.74, 6) is -0.203. The van der Waals surface area contributed by atoms with Crippen LogP contribution < -0.4 is 0 Å². The van der Waals surface area contributed by atoms with Crippen LogP contribution in [0.15, 0.2) is 12.2 Å². The highest BCUT2D eigenvalue weighted by molar-refractivity contribution is 5.69. The summed E-state index contributed by atoms with van der Waals surface area (Å²) in [5.41, 5.74) is 0. The van der Waals surface area contributed by atoms with E-state index in [1.54, 1.807) is 0 Å². The second kappa shape index (κ2) is 15.0. The maximum atomic E-state index is 12.0. The normalized spacial score (nSPS) is 26.9. The largest absolute Gasteiger partial charge is 0.457 e. The van der Waals surface area contributed by atoms with Gasteiger partial charge < -0.3 is 24.4 Å². The van der Waals surface area contributed by atoms with Crippen LogP contribution in [0.2, 0.25) is 0 Å². The lowest BCUT2D eigenvalue weighted by molar-refractivity contribution is -0.153. The fraction of sp³-hybridized carbons (Fsp3) is 0.875. The van der Waals surface area contributed by atoms with Crippen LogP contribution in [-0.2, 0) is 19.0 Å². The molecule has 0 aliphatic carbocycles. The van der Waals surface area contributed by atoms with Gasteiger partial charge in [-0.15, -0.1) is 0 Å². The molecule has 5 atom stereocenters. The molecular weight excluding hydrogens is 384 g/mol. The van der Waals surface area contributed by atoms with E-state index >= 15 is 0 Å². The van der Waals surface area contributed by atoms with Gasteiger partial charge in [-0.25, -0.2) is 0 Å². The molecule has 0 spiro atoms. The second-order valence-corrected chi connectivity index (χ2v) is 8.71. The number of rotatable bonds is 16. The minimum Gasteiger partial charge on any atom is -0.457 e. The van der Waals surface area contributed by atoms with Crippen molar-refractivity contribution in [2.75, 3.05) is 13.2 Å². The predicted octanol–water partition coefficient (Wildman–Crippen LogP) is 4.07. The van der Waals surface area contributed by atoms with E-state index in [9.17, 15) is 15.0 Å². The van der Waals surface area contributed by atoms with Crippen molar-refractivity contribution < 1.29 is 29.2 Å². The molecule has 2 heterocycles. The van der Waals surface area contributed by atoms with Crippen molar-refractivity contribution in [2.24, 2.45) is 0 Å². The van der Waals surface area contributed by atoms with Crippen LogP contribution in [0.3, 0.4) is 0 Å². The fourth-order valence-corrected chi connectivity index (χ4v) is 4.13. The minimum absolute atomic E-state index is 0.190. The summed E-state index contributed by atoms with van der Waals surface area (Å²) in [6, 6.07) is 0. The van der Waals surface area contributed by atoms with E-state index in [1.165, 1.54) is 19.3 Å². The summed E-state index contributed by atoms with van der Waals surface area (Å²) in [6.07, 6.45) is 15.7. The lowest BCUT2D eigenvalue weighted by Gasteiger charge is -2.16. The fourth-order valence-electron chi connectivity index (χ4n) is 4.13. The van der Waals surface area contributed by atoms with Gasteiger partial charge in [-0.1, -0.05) is 64.0 Å². The zero-order valence-electron chi connectivity index (χ0n) is 18.7. The lowest BCUT2D eigenvalue weighted by atomic mass is 10.1. The Balaban J connectivity index is 1.38. The predicted molar refractivity (Wildman–Crippen MR) is 116 cm³/mol. The zero-order chi connectivity index (χ0) is 21.6. The van der Waals surface area contributed by atoms with Gasteiger partial charge in [0.05, 0.1) is 19.3 Å². The summed E-state index contributed by atoms with van der Waals surface area (Å²) >= 11 is 0. The molecule has 6 heteroatoms. The first-order valence-electron chi connectivity index (χ1n) is 12.1. The summed E-state index contributed by atoms with van der Waals surface area (Å²) in [6.45, 7) is 2.76. The topological polar surface area (TPSA) is 85.2 Å². The van der Waals surface area contributed by atoms with Gasteiger partial charge in [0, 0.05) is 6.42 Å². The molecule has 2 rings (SSSR count). The molecule has 2 aliphatic rings. The Kier molecular flexibility index (Phi) is 12.6. The number of esters is 1. The second-order valence-electron chi connectivity index (χ2n) is 8.71. The van der Waals surface area contributed by atoms with E-state index in [0.717, 1.165) is 57.8 Å². The van der Waals surface area contributed by atoms with Crippen molar-refractivity contribution in [3.8, 4) is 0 Å². The van der Waals surface area contributed by atoms with Gasteiger partial charge >= 0.3 is 5.97 Å². The summed E-state index contributed by atoms with van der Waals surface area (Å²) in [5, 5.41) is 19.6. The van der Waals surface area contributed by atoms with Gasteiger partial charge in [-0.3, -0.25) is 4.79 Å². The number of ether oxygens (including phenoxy) is 3. The third-order valence-corrected chi connectivity index (χ3v) is 5.98. The number of carbonyl (C=O) groups is 1. The van der Waals surface area contributed by atoms with Crippen molar-refractivity contribution >= 4 is 5.97 Å². The molecule has 0 amide bonds. The van der Waals surface area contributed by atoms with Crippen LogP contribution in [0, 0.1) is 0 Å². The number of carbonyl (C=O) groups excluding carboxylic acids is 1. The molecule has 6 nitrogen and oxygen atoms in total. The molecule has 174 valence electrons. The standard InChI is InChI=1S/C24H42O6/c1-2-3-4-11-14-19(25)15-12-9-7-5-6-8-10-13-16-22(27)30-21-18-29-23-20(26)17-28-24(21)23/h9,12,19-21,23-26H,2-8,10-11,13-18H2,1H3/t19-,20-,21+,23-,24-/m1/s1. The third-order valence-electron chi connectivity index (χ3n) is 5.98. The summed E-state index contributed by atoms with van der Waals surface area (Å²) < 4.78 is 16.4. The molecule has 2 aliphatic heterocycles. The Bertz CT molecular complexity index is 494. The average Bonchev–Trinajstić information content (AvgIpc) is 3.30. The highest BCUT2D eigenvalue weighted by Crippen LogP contribution is 2.29. The number of unbranched alkanes of at least 4 members (excludes halogenated alkanes) is 8. The van der Waals surface area contributed by atoms with E-state index in [1.807, 2.05) is 0 Å². The molecule has 2 saturated heterocycles. The molecule has 0 aromatic heterocycles. The van der Waals surface area contributed by atoms with Gasteiger partial charge in [-0.2, -0.15) is 0 Å². The first-order valence-corrected chi connectivity index (χ1v) is 12.1. The van der Waals surface area contributed by atoms with Gasteiger partial charge in [0.2, 0.25) is 0 Å². The molecule has 0 radical (unpaired) electrons. The molecule has 30 heavy (non-hydrogen) atoms. The van der Waals surface area contributed by atoms with E-state index in [4.69, 9.17) is 14.2 Å². The number of aliphatic hydroxyl groups is 2. The van der Waals surface area contributed by atoms with Crippen LogP contribution in [-0.4, -0.2) is 59.9 Å². The van der Waals surface area contributed by atoms with E-state index in [-0.39, 0.29) is 37.0 Å². The van der Waals surface area contributed by atoms with Crippen LogP contribution in [0.5, 0.6) is 0 Å². The van der Waals surface area contributed by atoms with Crippen LogP contribution in [0.4, 0.5) is 0 Å². The van der Waals surface area contributed by atoms with Crippen molar-refractivity contribution in [3.05, 3.63) is 12.2 Å². The van der Waals surface area contributed by atoms with Crippen molar-refractivity contribution in [3.63, 3.8) is 0 Å². The van der Waals surface area contributed by atoms with E-state index in [2.05, 4.69) is 19.1 Å². The van der Waals surface area contributed by atoms with Gasteiger partial charge in [0.15, 0.2) is 6.10 Å². The maximum absolute atomic E-state index is 12.0. The van der Waals surface area contributed by atoms with Gasteiger partial charge in [0.1, 0.15) is 18.3 Å². The first kappa shape index (κ1) is 25.3. The average molecular weight is 427 g/mol. The van der Waals surface area contributed by atoms with Crippen molar-refractivity contribution in [1.29, 1.82) is 0 Å². The summed E-state index contributed by atoms with van der Waals surface area (Å²) in [4.78, 5) is 12.0. The molecule has 0 aromatic carbocycles. The Hall–Kier alpha value is -0.950. The molecule has 0 aromatic rings. The summed E-state index contributed by atoms with van der Waals surface area (Å²) in [7, 11) is 0. The maximum Gasteiger partial charge on any atom is 0.306 e. The molecule has 0 bridgehead atoms. The minimum atomic E-state index is -0.617. The molecular formula is C24H42O6.